The van der Waals surface area contributed by atoms with Gasteiger partial charge in [0, 0.05) is 16.9 Å². The molecular weight excluding hydrogens is 233 g/mol. The lowest BCUT2D eigenvalue weighted by atomic mass is 10.1. The van der Waals surface area contributed by atoms with Crippen LogP contribution in [-0.4, -0.2) is 17.8 Å². The molecular formula is C11H13Cl2NO. The van der Waals surface area contributed by atoms with Crippen molar-refractivity contribution in [2.24, 2.45) is 0 Å². The molecule has 1 atom stereocenters. The van der Waals surface area contributed by atoms with E-state index in [1.807, 2.05) is 25.1 Å². The average Bonchev–Trinajstić information content (AvgIpc) is 2.21. The minimum absolute atomic E-state index is 0.0124. The highest BCUT2D eigenvalue weighted by molar-refractivity contribution is 6.31. The zero-order valence-corrected chi connectivity index (χ0v) is 9.98. The van der Waals surface area contributed by atoms with E-state index in [9.17, 15) is 4.79 Å². The van der Waals surface area contributed by atoms with Crippen molar-refractivity contribution >= 4 is 29.1 Å². The summed E-state index contributed by atoms with van der Waals surface area (Å²) in [5.41, 5.74) is 0.832. The van der Waals surface area contributed by atoms with Crippen molar-refractivity contribution < 1.29 is 4.79 Å². The molecule has 0 aliphatic heterocycles. The SMILES string of the molecule is CC(CCl)NC(=O)Cc1ccccc1Cl. The minimum Gasteiger partial charge on any atom is -0.352 e. The van der Waals surface area contributed by atoms with Crippen LogP contribution in [0.5, 0.6) is 0 Å². The van der Waals surface area contributed by atoms with Crippen molar-refractivity contribution in [1.82, 2.24) is 5.32 Å². The van der Waals surface area contributed by atoms with E-state index in [1.165, 1.54) is 0 Å². The highest BCUT2D eigenvalue weighted by Gasteiger charge is 2.08. The maximum absolute atomic E-state index is 11.5. The molecule has 1 N–H and O–H groups in total. The number of carbonyl (C=O) groups excluding carboxylic acids is 1. The quantitative estimate of drug-likeness (QED) is 0.813. The molecule has 0 saturated heterocycles. The summed E-state index contributed by atoms with van der Waals surface area (Å²) in [4.78, 5) is 11.5. The first-order valence-electron chi connectivity index (χ1n) is 4.72. The molecule has 1 aromatic carbocycles. The van der Waals surface area contributed by atoms with E-state index in [-0.39, 0.29) is 11.9 Å². The van der Waals surface area contributed by atoms with E-state index >= 15 is 0 Å². The lowest BCUT2D eigenvalue weighted by Gasteiger charge is -2.10. The van der Waals surface area contributed by atoms with Gasteiger partial charge in [-0.05, 0) is 18.6 Å². The molecule has 0 aliphatic rings. The maximum atomic E-state index is 11.5. The van der Waals surface area contributed by atoms with Gasteiger partial charge in [-0.15, -0.1) is 11.6 Å². The molecule has 0 saturated carbocycles. The number of benzene rings is 1. The van der Waals surface area contributed by atoms with Crippen LogP contribution >= 0.6 is 23.2 Å². The van der Waals surface area contributed by atoms with Crippen molar-refractivity contribution in [1.29, 1.82) is 0 Å². The third-order valence-electron chi connectivity index (χ3n) is 1.95. The molecule has 1 amide bonds. The predicted molar refractivity (Wildman–Crippen MR) is 63.5 cm³/mol. The van der Waals surface area contributed by atoms with Gasteiger partial charge in [-0.25, -0.2) is 0 Å². The van der Waals surface area contributed by atoms with Gasteiger partial charge in [-0.1, -0.05) is 29.8 Å². The zero-order chi connectivity index (χ0) is 11.3. The largest absolute Gasteiger partial charge is 0.352 e. The number of hydrogen-bond acceptors (Lipinski definition) is 1. The van der Waals surface area contributed by atoms with Crippen LogP contribution in [0.4, 0.5) is 0 Å². The Morgan fingerprint density at radius 1 is 1.47 bits per heavy atom. The normalized spacial score (nSPS) is 12.2. The first-order valence-corrected chi connectivity index (χ1v) is 5.63. The molecule has 2 nitrogen and oxygen atoms in total. The molecule has 82 valence electrons. The Hall–Kier alpha value is -0.730. The third-order valence-corrected chi connectivity index (χ3v) is 2.78. The van der Waals surface area contributed by atoms with Crippen LogP contribution in [0.2, 0.25) is 5.02 Å². The van der Waals surface area contributed by atoms with Crippen molar-refractivity contribution in [2.75, 3.05) is 5.88 Å². The van der Waals surface area contributed by atoms with Gasteiger partial charge in [-0.2, -0.15) is 0 Å². The topological polar surface area (TPSA) is 29.1 Å². The Labute approximate surface area is 99.6 Å². The van der Waals surface area contributed by atoms with E-state index < -0.39 is 0 Å². The van der Waals surface area contributed by atoms with Gasteiger partial charge >= 0.3 is 0 Å². The van der Waals surface area contributed by atoms with E-state index in [0.717, 1.165) is 5.56 Å². The molecule has 0 spiro atoms. The first kappa shape index (κ1) is 12.3. The molecule has 1 unspecified atom stereocenters. The second kappa shape index (κ2) is 5.99. The Kier molecular flexibility index (Phi) is 4.92. The first-order chi connectivity index (χ1) is 7.13. The summed E-state index contributed by atoms with van der Waals surface area (Å²) in [6, 6.07) is 7.30. The minimum atomic E-state index is -0.0590. The molecule has 15 heavy (non-hydrogen) atoms. The molecule has 0 aromatic heterocycles. The summed E-state index contributed by atoms with van der Waals surface area (Å²) in [7, 11) is 0. The van der Waals surface area contributed by atoms with Gasteiger partial charge in [0.15, 0.2) is 0 Å². The second-order valence-electron chi connectivity index (χ2n) is 3.39. The van der Waals surface area contributed by atoms with Gasteiger partial charge in [-0.3, -0.25) is 4.79 Å². The lowest BCUT2D eigenvalue weighted by Crippen LogP contribution is -2.34. The number of nitrogens with one attached hydrogen (secondary N) is 1. The second-order valence-corrected chi connectivity index (χ2v) is 4.11. The molecule has 0 fully saturated rings. The highest BCUT2D eigenvalue weighted by atomic mass is 35.5. The van der Waals surface area contributed by atoms with Crippen LogP contribution in [0, 0.1) is 0 Å². The fraction of sp³-hybridized carbons (Fsp3) is 0.364. The van der Waals surface area contributed by atoms with Gasteiger partial charge in [0.2, 0.25) is 5.91 Å². The number of rotatable bonds is 4. The van der Waals surface area contributed by atoms with Crippen molar-refractivity contribution in [2.45, 2.75) is 19.4 Å². The fourth-order valence-electron chi connectivity index (χ4n) is 1.18. The van der Waals surface area contributed by atoms with Crippen LogP contribution in [-0.2, 0) is 11.2 Å². The molecule has 0 aliphatic carbocycles. The Balaban J connectivity index is 2.55. The van der Waals surface area contributed by atoms with E-state index in [2.05, 4.69) is 5.32 Å². The molecule has 0 radical (unpaired) electrons. The Morgan fingerprint density at radius 2 is 2.13 bits per heavy atom. The van der Waals surface area contributed by atoms with Gasteiger partial charge in [0.1, 0.15) is 0 Å². The third kappa shape index (κ3) is 4.10. The summed E-state index contributed by atoms with van der Waals surface area (Å²) < 4.78 is 0. The maximum Gasteiger partial charge on any atom is 0.224 e. The van der Waals surface area contributed by atoms with Crippen LogP contribution in [0.3, 0.4) is 0 Å². The van der Waals surface area contributed by atoms with Crippen molar-refractivity contribution in [3.8, 4) is 0 Å². The van der Waals surface area contributed by atoms with Gasteiger partial charge in [0.25, 0.3) is 0 Å². The van der Waals surface area contributed by atoms with Crippen LogP contribution in [0.15, 0.2) is 24.3 Å². The molecule has 0 heterocycles. The molecule has 1 rings (SSSR count). The standard InChI is InChI=1S/C11H13Cl2NO/c1-8(7-12)14-11(15)6-9-4-2-3-5-10(9)13/h2-5,8H,6-7H2,1H3,(H,14,15). The summed E-state index contributed by atoms with van der Waals surface area (Å²) in [6.45, 7) is 1.86. The Morgan fingerprint density at radius 3 is 2.73 bits per heavy atom. The average molecular weight is 246 g/mol. The summed E-state index contributed by atoms with van der Waals surface area (Å²) >= 11 is 11.5. The van der Waals surface area contributed by atoms with E-state index in [0.29, 0.717) is 17.3 Å². The zero-order valence-electron chi connectivity index (χ0n) is 8.47. The lowest BCUT2D eigenvalue weighted by molar-refractivity contribution is -0.120. The van der Waals surface area contributed by atoms with E-state index in [1.54, 1.807) is 6.07 Å². The van der Waals surface area contributed by atoms with Crippen molar-refractivity contribution in [3.05, 3.63) is 34.9 Å². The predicted octanol–water partition coefficient (Wildman–Crippen LogP) is 2.63. The Bertz CT molecular complexity index is 341. The summed E-state index contributed by atoms with van der Waals surface area (Å²) in [5, 5.41) is 3.39. The van der Waals surface area contributed by atoms with Crippen molar-refractivity contribution in [3.63, 3.8) is 0 Å². The molecule has 0 bridgehead atoms. The summed E-state index contributed by atoms with van der Waals surface area (Å²) in [5.74, 6) is 0.352. The number of carbonyl (C=O) groups is 1. The molecule has 1 aromatic rings. The van der Waals surface area contributed by atoms with Crippen LogP contribution in [0.25, 0.3) is 0 Å². The number of halogens is 2. The number of hydrogen-bond donors (Lipinski definition) is 1. The fourth-order valence-corrected chi connectivity index (χ4v) is 1.46. The van der Waals surface area contributed by atoms with Crippen LogP contribution < -0.4 is 5.32 Å². The number of alkyl halides is 1. The summed E-state index contributed by atoms with van der Waals surface area (Å²) in [6.07, 6.45) is 0.293. The van der Waals surface area contributed by atoms with Gasteiger partial charge in [0.05, 0.1) is 6.42 Å². The number of amides is 1. The van der Waals surface area contributed by atoms with Gasteiger partial charge < -0.3 is 5.32 Å². The monoisotopic (exact) mass is 245 g/mol. The smallest absolute Gasteiger partial charge is 0.224 e. The van der Waals surface area contributed by atoms with Crippen LogP contribution in [0.1, 0.15) is 12.5 Å². The van der Waals surface area contributed by atoms with E-state index in [4.69, 9.17) is 23.2 Å². The molecule has 4 heteroatoms. The highest BCUT2D eigenvalue weighted by Crippen LogP contribution is 2.15.